The van der Waals surface area contributed by atoms with E-state index in [2.05, 4.69) is 178 Å². The second-order valence-electron chi connectivity index (χ2n) is 30.7. The van der Waals surface area contributed by atoms with Gasteiger partial charge in [-0.2, -0.15) is 68.0 Å². The summed E-state index contributed by atoms with van der Waals surface area (Å²) in [6.07, 6.45) is 0. The zero-order valence-corrected chi connectivity index (χ0v) is 79.4. The number of hydrogen-bond donors (Lipinski definition) is 0. The zero-order valence-electron chi connectivity index (χ0n) is 64.5. The average molecular weight is 1640 g/mol. The molecule has 6 rings (SSSR count). The Hall–Kier alpha value is -0.191. The van der Waals surface area contributed by atoms with Crippen LogP contribution < -0.4 is 45.0 Å². The van der Waals surface area contributed by atoms with Crippen LogP contribution in [-0.2, 0) is 105 Å². The van der Waals surface area contributed by atoms with E-state index in [4.69, 9.17) is 65.1 Å². The lowest BCUT2D eigenvalue weighted by Gasteiger charge is -2.39. The van der Waals surface area contributed by atoms with Crippen molar-refractivity contribution in [3.63, 3.8) is 0 Å². The first-order valence-corrected chi connectivity index (χ1v) is 72.1. The maximum atomic E-state index is 7.92. The Morgan fingerprint density at radius 3 is 0.622 bits per heavy atom. The van der Waals surface area contributed by atoms with Crippen LogP contribution in [0, 0.1) is 0 Å². The summed E-state index contributed by atoms with van der Waals surface area (Å²) in [5.74, 6) is 0. The van der Waals surface area contributed by atoms with Gasteiger partial charge in [-0.15, -0.1) is 0 Å². The lowest BCUT2D eigenvalue weighted by molar-refractivity contribution is 0.0621. The second-order valence-corrected chi connectivity index (χ2v) is 101. The Bertz CT molecular complexity index is 3180. The van der Waals surface area contributed by atoms with Crippen molar-refractivity contribution >= 4 is 192 Å². The lowest BCUT2D eigenvalue weighted by Crippen LogP contribution is -2.69. The SMILES string of the molecule is COCCOCc1ccsc1[Si](C)(C)[Si](C)(C)c1sc([Si](C)(C)O[Si](C)(C)c2cc(COCCOC)c([Si](C)(C)[Si](C)(C)c3sc([Si](C)(C)O[Si](C)(C)c4cc(COCCOC)c([Si](C)(C)[Si](C)(C)c5sccc5COCCOC)s4)cc3COCCOC)s2)cc1COCCOC. The molecule has 0 radical (unpaired) electrons. The minimum absolute atomic E-state index is 0.531. The number of thiophene rings is 6. The Morgan fingerprint density at radius 1 is 0.245 bits per heavy atom. The summed E-state index contributed by atoms with van der Waals surface area (Å²) in [4.78, 5) is 0. The Balaban J connectivity index is 1.38. The number of ether oxygens (including phenoxy) is 12. The molecule has 0 saturated carbocycles. The molecule has 0 N–H and O–H groups in total. The van der Waals surface area contributed by atoms with Crippen LogP contribution in [-0.4, -0.2) is 201 Å². The third-order valence-corrected chi connectivity index (χ3v) is 111. The van der Waals surface area contributed by atoms with Crippen LogP contribution in [0.1, 0.15) is 33.4 Å². The number of rotatable bonds is 47. The Kier molecular flexibility index (Phi) is 33.2. The van der Waals surface area contributed by atoms with E-state index >= 15 is 0 Å². The standard InChI is InChI=1S/C68H122O14S6Si10/c1-69-29-35-75-47-53-27-41-83-63(53)93(15,16)95(19,20)65-55(49-77-37-31-71-3)43-59(85-65)89(7,8)81-91(11,12)61-45-57(51-79-39-33-73-5)67(87-61)97(23,24)98(25,26)68-58(52-80-40-34-74-6)46-62(88-68)92(13,14)82-90(9,10)60-44-56(50-78-38-32-72-4)66(86-60)96(21,22)94(17,18)64-54(28-42-84-64)48-76-36-30-70-2/h27-28,41-46H,29-40,47-52H2,1-26H3. The molecule has 0 aliphatic heterocycles. The van der Waals surface area contributed by atoms with E-state index in [9.17, 15) is 0 Å². The summed E-state index contributed by atoms with van der Waals surface area (Å²) < 4.78 is 102. The summed E-state index contributed by atoms with van der Waals surface area (Å²) in [7, 11) is -13.0. The van der Waals surface area contributed by atoms with Crippen molar-refractivity contribution in [2.75, 3.05) is 122 Å². The molecule has 0 unspecified atom stereocenters. The van der Waals surface area contributed by atoms with Crippen LogP contribution >= 0.6 is 68.0 Å². The third kappa shape index (κ3) is 20.9. The molecule has 0 amide bonds. The van der Waals surface area contributed by atoms with E-state index in [1.54, 1.807) is 60.7 Å². The molecule has 0 atom stereocenters. The van der Waals surface area contributed by atoms with E-state index in [0.717, 1.165) is 0 Å². The van der Waals surface area contributed by atoms with Crippen molar-refractivity contribution in [3.8, 4) is 0 Å². The van der Waals surface area contributed by atoms with Crippen LogP contribution in [0.4, 0.5) is 0 Å². The van der Waals surface area contributed by atoms with Crippen molar-refractivity contribution < 1.29 is 65.1 Å². The average Bonchev–Trinajstić information content (AvgIpc) is 1.57. The second kappa shape index (κ2) is 37.6. The maximum Gasteiger partial charge on any atom is 0.216 e. The van der Waals surface area contributed by atoms with Gasteiger partial charge in [-0.05, 0) is 160 Å². The Labute approximate surface area is 624 Å². The summed E-state index contributed by atoms with van der Waals surface area (Å²) in [5.41, 5.74) is 7.94. The smallest absolute Gasteiger partial charge is 0.216 e. The van der Waals surface area contributed by atoms with Crippen LogP contribution in [0.2, 0.25) is 131 Å². The molecule has 0 aliphatic rings. The molecule has 98 heavy (non-hydrogen) atoms. The fraction of sp³-hybridized carbons (Fsp3) is 0.647. The molecule has 0 saturated heterocycles. The van der Waals surface area contributed by atoms with Crippen LogP contribution in [0.3, 0.4) is 0 Å². The molecule has 0 aromatic carbocycles. The molecule has 0 bridgehead atoms. The molecule has 554 valence electrons. The number of hydrogen-bond acceptors (Lipinski definition) is 20. The predicted octanol–water partition coefficient (Wildman–Crippen LogP) is 10.9. The molecular weight excluding hydrogens is 1510 g/mol. The van der Waals surface area contributed by atoms with Gasteiger partial charge in [-0.1, -0.05) is 78.6 Å². The summed E-state index contributed by atoms with van der Waals surface area (Å²) in [5, 5.41) is 4.53. The fourth-order valence-corrected chi connectivity index (χ4v) is 85.4. The van der Waals surface area contributed by atoms with Crippen LogP contribution in [0.15, 0.2) is 47.2 Å². The largest absolute Gasteiger partial charge is 0.448 e. The van der Waals surface area contributed by atoms with E-state index in [1.165, 1.54) is 60.4 Å². The topological polar surface area (TPSA) is 129 Å². The molecule has 6 aromatic rings. The summed E-state index contributed by atoms with van der Waals surface area (Å²) in [6.45, 7) is 61.1. The molecule has 6 aromatic heterocycles. The molecule has 30 heteroatoms. The van der Waals surface area contributed by atoms with Crippen LogP contribution in [0.5, 0.6) is 0 Å². The minimum Gasteiger partial charge on any atom is -0.448 e. The highest BCUT2D eigenvalue weighted by Gasteiger charge is 2.53. The van der Waals surface area contributed by atoms with Gasteiger partial charge in [0.15, 0.2) is 0 Å². The van der Waals surface area contributed by atoms with Gasteiger partial charge >= 0.3 is 0 Å². The highest BCUT2D eigenvalue weighted by molar-refractivity contribution is 7.62. The fourth-order valence-electron chi connectivity index (χ4n) is 12.6. The summed E-state index contributed by atoms with van der Waals surface area (Å²) in [6, 6.07) is 14.6. The molecule has 0 aliphatic carbocycles. The predicted molar refractivity (Wildman–Crippen MR) is 448 cm³/mol. The zero-order chi connectivity index (χ0) is 72.8. The van der Waals surface area contributed by atoms with E-state index in [0.29, 0.717) is 119 Å². The normalized spacial score (nSPS) is 13.7. The van der Waals surface area contributed by atoms with Gasteiger partial charge in [0.05, 0.1) is 164 Å². The van der Waals surface area contributed by atoms with Gasteiger partial charge < -0.3 is 65.1 Å². The van der Waals surface area contributed by atoms with Gasteiger partial charge in [-0.25, -0.2) is 0 Å². The molecule has 14 nitrogen and oxygen atoms in total. The number of methoxy groups -OCH3 is 6. The van der Waals surface area contributed by atoms with Gasteiger partial charge in [0.25, 0.3) is 0 Å². The van der Waals surface area contributed by atoms with E-state index in [1.807, 2.05) is 68.0 Å². The lowest BCUT2D eigenvalue weighted by atomic mass is 10.4. The van der Waals surface area contributed by atoms with Crippen molar-refractivity contribution in [1.82, 2.24) is 0 Å². The van der Waals surface area contributed by atoms with Crippen LogP contribution in [0.25, 0.3) is 0 Å². The van der Waals surface area contributed by atoms with Crippen molar-refractivity contribution in [2.45, 2.75) is 171 Å². The third-order valence-electron chi connectivity index (χ3n) is 20.4. The van der Waals surface area contributed by atoms with Gasteiger partial charge in [0, 0.05) is 60.7 Å². The van der Waals surface area contributed by atoms with Crippen molar-refractivity contribution in [2.24, 2.45) is 0 Å². The summed E-state index contributed by atoms with van der Waals surface area (Å²) >= 11 is 12.0. The van der Waals surface area contributed by atoms with Gasteiger partial charge in [0.2, 0.25) is 33.3 Å². The highest BCUT2D eigenvalue weighted by atomic mass is 32.1. The first-order chi connectivity index (χ1) is 45.9. The van der Waals surface area contributed by atoms with Gasteiger partial charge in [0.1, 0.15) is 0 Å². The molecule has 6 heterocycles. The monoisotopic (exact) mass is 1630 g/mol. The van der Waals surface area contributed by atoms with Crippen molar-refractivity contribution in [1.29, 1.82) is 0 Å². The highest BCUT2D eigenvalue weighted by Crippen LogP contribution is 2.34. The first kappa shape index (κ1) is 86.7. The van der Waals surface area contributed by atoms with E-state index in [-0.39, 0.29) is 0 Å². The van der Waals surface area contributed by atoms with E-state index < -0.39 is 78.8 Å². The molecular formula is C68H122O14S6Si10. The Morgan fingerprint density at radius 2 is 0.429 bits per heavy atom. The maximum absolute atomic E-state index is 7.92. The first-order valence-electron chi connectivity index (χ1n) is 34.4. The van der Waals surface area contributed by atoms with Gasteiger partial charge in [-0.3, -0.25) is 0 Å². The molecule has 0 fully saturated rings. The minimum atomic E-state index is -2.60. The van der Waals surface area contributed by atoms with Crippen molar-refractivity contribution in [3.05, 3.63) is 80.5 Å². The molecule has 0 spiro atoms. The quantitative estimate of drug-likeness (QED) is 0.0265.